The van der Waals surface area contributed by atoms with Crippen molar-refractivity contribution < 1.29 is 19.4 Å². The minimum atomic E-state index is -0.744. The lowest BCUT2D eigenvalue weighted by molar-refractivity contribution is -0.146. The van der Waals surface area contributed by atoms with Crippen molar-refractivity contribution in [1.82, 2.24) is 0 Å². The Hall–Kier alpha value is -1.06. The summed E-state index contributed by atoms with van der Waals surface area (Å²) in [7, 11) is 1.39. The number of hydrogen-bond acceptors (Lipinski definition) is 3. The first-order valence-electron chi connectivity index (χ1n) is 4.93. The van der Waals surface area contributed by atoms with Gasteiger partial charge < -0.3 is 9.84 Å². The number of rotatable bonds is 3. The number of carboxylic acid groups (broad SMARTS) is 1. The lowest BCUT2D eigenvalue weighted by Gasteiger charge is -2.25. The quantitative estimate of drug-likeness (QED) is 0.700. The summed E-state index contributed by atoms with van der Waals surface area (Å²) in [6.07, 6.45) is 3.42. The van der Waals surface area contributed by atoms with Gasteiger partial charge in [0.25, 0.3) is 0 Å². The fourth-order valence-corrected chi connectivity index (χ4v) is 2.02. The number of ether oxygens (including phenoxy) is 1. The van der Waals surface area contributed by atoms with Gasteiger partial charge in [0.2, 0.25) is 0 Å². The van der Waals surface area contributed by atoms with E-state index in [-0.39, 0.29) is 24.2 Å². The molecule has 0 saturated heterocycles. The Balaban J connectivity index is 2.31. The van der Waals surface area contributed by atoms with E-state index in [0.717, 1.165) is 25.7 Å². The van der Waals surface area contributed by atoms with E-state index in [9.17, 15) is 9.59 Å². The Bertz CT molecular complexity index is 216. The molecule has 0 aromatic carbocycles. The summed E-state index contributed by atoms with van der Waals surface area (Å²) in [5, 5.41) is 8.60. The molecule has 4 heteroatoms. The molecule has 1 N–H and O–H groups in total. The van der Waals surface area contributed by atoms with Gasteiger partial charge in [0.05, 0.1) is 13.0 Å². The van der Waals surface area contributed by atoms with E-state index in [1.807, 2.05) is 0 Å². The average Bonchev–Trinajstić information content (AvgIpc) is 2.17. The third kappa shape index (κ3) is 3.01. The number of carbonyl (C=O) groups excluding carboxylic acids is 1. The van der Waals surface area contributed by atoms with Crippen LogP contribution in [0.4, 0.5) is 0 Å². The minimum Gasteiger partial charge on any atom is -0.481 e. The summed E-state index contributed by atoms with van der Waals surface area (Å²) < 4.78 is 4.65. The van der Waals surface area contributed by atoms with Crippen molar-refractivity contribution in [1.29, 1.82) is 0 Å². The van der Waals surface area contributed by atoms with Crippen LogP contribution in [0.15, 0.2) is 0 Å². The lowest BCUT2D eigenvalue weighted by Crippen LogP contribution is -2.23. The van der Waals surface area contributed by atoms with Crippen LogP contribution in [0.3, 0.4) is 0 Å². The van der Waals surface area contributed by atoms with Gasteiger partial charge in [-0.15, -0.1) is 0 Å². The predicted octanol–water partition coefficient (Wildman–Crippen LogP) is 1.44. The third-order valence-electron chi connectivity index (χ3n) is 2.84. The van der Waals surface area contributed by atoms with E-state index < -0.39 is 5.97 Å². The van der Waals surface area contributed by atoms with Gasteiger partial charge in [0.15, 0.2) is 0 Å². The molecule has 0 aliphatic heterocycles. The van der Waals surface area contributed by atoms with Crippen molar-refractivity contribution in [3.63, 3.8) is 0 Å². The smallest absolute Gasteiger partial charge is 0.308 e. The van der Waals surface area contributed by atoms with Crippen molar-refractivity contribution in [3.05, 3.63) is 0 Å². The molecule has 0 unspecified atom stereocenters. The summed E-state index contributed by atoms with van der Waals surface area (Å²) in [4.78, 5) is 21.6. The molecule has 1 aliphatic carbocycles. The molecule has 1 aliphatic rings. The number of aliphatic carboxylic acids is 1. The van der Waals surface area contributed by atoms with Gasteiger partial charge >= 0.3 is 11.9 Å². The van der Waals surface area contributed by atoms with Crippen LogP contribution in [0.2, 0.25) is 0 Å². The highest BCUT2D eigenvalue weighted by atomic mass is 16.5. The maximum atomic E-state index is 11.2. The van der Waals surface area contributed by atoms with Crippen molar-refractivity contribution in [2.45, 2.75) is 32.1 Å². The van der Waals surface area contributed by atoms with Gasteiger partial charge in [-0.3, -0.25) is 9.59 Å². The average molecular weight is 200 g/mol. The van der Waals surface area contributed by atoms with E-state index in [4.69, 9.17) is 5.11 Å². The molecule has 0 heterocycles. The Morgan fingerprint density at radius 3 is 2.29 bits per heavy atom. The Morgan fingerprint density at radius 2 is 1.86 bits per heavy atom. The molecule has 0 aromatic rings. The summed E-state index contributed by atoms with van der Waals surface area (Å²) in [6, 6.07) is 0. The summed E-state index contributed by atoms with van der Waals surface area (Å²) in [5.74, 6) is -0.663. The number of esters is 1. The molecule has 1 fully saturated rings. The summed E-state index contributed by atoms with van der Waals surface area (Å²) >= 11 is 0. The first-order valence-corrected chi connectivity index (χ1v) is 4.93. The molecular weight excluding hydrogens is 184 g/mol. The fraction of sp³-hybridized carbons (Fsp3) is 0.800. The van der Waals surface area contributed by atoms with Crippen LogP contribution in [0, 0.1) is 11.8 Å². The molecule has 0 spiro atoms. The second-order valence-electron chi connectivity index (χ2n) is 3.84. The molecule has 0 radical (unpaired) electrons. The predicted molar refractivity (Wildman–Crippen MR) is 49.7 cm³/mol. The Kier molecular flexibility index (Phi) is 3.92. The van der Waals surface area contributed by atoms with Gasteiger partial charge in [0, 0.05) is 6.42 Å². The molecule has 1 rings (SSSR count). The zero-order valence-electron chi connectivity index (χ0n) is 8.36. The van der Waals surface area contributed by atoms with Crippen LogP contribution in [0.25, 0.3) is 0 Å². The maximum Gasteiger partial charge on any atom is 0.308 e. The van der Waals surface area contributed by atoms with Crippen LogP contribution in [0.1, 0.15) is 32.1 Å². The third-order valence-corrected chi connectivity index (χ3v) is 2.84. The van der Waals surface area contributed by atoms with Crippen molar-refractivity contribution in [2.75, 3.05) is 7.11 Å². The second-order valence-corrected chi connectivity index (χ2v) is 3.84. The van der Waals surface area contributed by atoms with E-state index >= 15 is 0 Å². The number of methoxy groups -OCH3 is 1. The number of carbonyl (C=O) groups is 2. The van der Waals surface area contributed by atoms with Gasteiger partial charge in [-0.05, 0) is 31.6 Å². The van der Waals surface area contributed by atoms with E-state index in [1.54, 1.807) is 0 Å². The molecule has 0 atom stereocenters. The SMILES string of the molecule is COC(=O)[C@H]1CC[C@H](CC(=O)O)CC1. The summed E-state index contributed by atoms with van der Waals surface area (Å²) in [5.41, 5.74) is 0. The normalized spacial score (nSPS) is 26.9. The van der Waals surface area contributed by atoms with E-state index in [1.165, 1.54) is 7.11 Å². The van der Waals surface area contributed by atoms with Gasteiger partial charge in [-0.1, -0.05) is 0 Å². The molecular formula is C10H16O4. The standard InChI is InChI=1S/C10H16O4/c1-14-10(13)8-4-2-7(3-5-8)6-9(11)12/h7-8H,2-6H2,1H3,(H,11,12)/t7-,8-. The van der Waals surface area contributed by atoms with Crippen LogP contribution >= 0.6 is 0 Å². The molecule has 0 bridgehead atoms. The fourth-order valence-electron chi connectivity index (χ4n) is 2.02. The largest absolute Gasteiger partial charge is 0.481 e. The molecule has 1 saturated carbocycles. The van der Waals surface area contributed by atoms with Crippen LogP contribution in [-0.2, 0) is 14.3 Å². The zero-order chi connectivity index (χ0) is 10.6. The van der Waals surface area contributed by atoms with Crippen molar-refractivity contribution in [3.8, 4) is 0 Å². The molecule has 0 amide bonds. The van der Waals surface area contributed by atoms with Crippen molar-refractivity contribution >= 4 is 11.9 Å². The first-order chi connectivity index (χ1) is 6.63. The molecule has 4 nitrogen and oxygen atoms in total. The van der Waals surface area contributed by atoms with Crippen molar-refractivity contribution in [2.24, 2.45) is 11.8 Å². The molecule has 14 heavy (non-hydrogen) atoms. The van der Waals surface area contributed by atoms with E-state index in [0.29, 0.717) is 0 Å². The highest BCUT2D eigenvalue weighted by Gasteiger charge is 2.27. The second kappa shape index (κ2) is 4.98. The lowest BCUT2D eigenvalue weighted by atomic mass is 9.80. The first kappa shape index (κ1) is 11.0. The number of carboxylic acids is 1. The van der Waals surface area contributed by atoms with Gasteiger partial charge in [0.1, 0.15) is 0 Å². The topological polar surface area (TPSA) is 63.6 Å². The molecule has 80 valence electrons. The van der Waals surface area contributed by atoms with Gasteiger partial charge in [-0.25, -0.2) is 0 Å². The minimum absolute atomic E-state index is 0.00922. The van der Waals surface area contributed by atoms with Gasteiger partial charge in [-0.2, -0.15) is 0 Å². The van der Waals surface area contributed by atoms with E-state index in [2.05, 4.69) is 4.74 Å². The Morgan fingerprint density at radius 1 is 1.29 bits per heavy atom. The summed E-state index contributed by atoms with van der Waals surface area (Å²) in [6.45, 7) is 0. The Labute approximate surface area is 83.2 Å². The maximum absolute atomic E-state index is 11.2. The molecule has 0 aromatic heterocycles. The van der Waals surface area contributed by atoms with Crippen LogP contribution in [0.5, 0.6) is 0 Å². The highest BCUT2D eigenvalue weighted by molar-refractivity contribution is 5.72. The van der Waals surface area contributed by atoms with Crippen LogP contribution < -0.4 is 0 Å². The number of hydrogen-bond donors (Lipinski definition) is 1. The van der Waals surface area contributed by atoms with Crippen LogP contribution in [-0.4, -0.2) is 24.2 Å². The zero-order valence-corrected chi connectivity index (χ0v) is 8.36. The monoisotopic (exact) mass is 200 g/mol. The highest BCUT2D eigenvalue weighted by Crippen LogP contribution is 2.31.